The largest absolute Gasteiger partial charge is 0.491 e. The first-order valence-electron chi connectivity index (χ1n) is 4.52. The second kappa shape index (κ2) is 5.53. The first-order chi connectivity index (χ1) is 8.02. The average Bonchev–Trinajstić information content (AvgIpc) is 2.31. The number of rotatable bonds is 4. The summed E-state index contributed by atoms with van der Waals surface area (Å²) in [6.45, 7) is -0.840. The molecule has 0 amide bonds. The molecule has 1 rings (SSSR count). The number of hydrogen-bond acceptors (Lipinski definition) is 4. The van der Waals surface area contributed by atoms with Gasteiger partial charge < -0.3 is 14.6 Å². The summed E-state index contributed by atoms with van der Waals surface area (Å²) in [5.74, 6) is -6.52. The van der Waals surface area contributed by atoms with Crippen molar-refractivity contribution in [2.45, 2.75) is 0 Å². The summed E-state index contributed by atoms with van der Waals surface area (Å²) < 4.78 is 48.2. The first-order valence-corrected chi connectivity index (χ1v) is 4.52. The van der Waals surface area contributed by atoms with Crippen molar-refractivity contribution in [3.8, 4) is 5.75 Å². The van der Waals surface area contributed by atoms with Crippen molar-refractivity contribution in [2.24, 2.45) is 0 Å². The molecule has 0 saturated carbocycles. The molecule has 0 heterocycles. The smallest absolute Gasteiger partial charge is 0.341 e. The fourth-order valence-electron chi connectivity index (χ4n) is 1.12. The van der Waals surface area contributed by atoms with Gasteiger partial charge in [0, 0.05) is 0 Å². The van der Waals surface area contributed by atoms with Crippen LogP contribution in [0, 0.1) is 17.5 Å². The van der Waals surface area contributed by atoms with E-state index in [2.05, 4.69) is 9.47 Å². The molecule has 0 aromatic heterocycles. The number of benzene rings is 1. The van der Waals surface area contributed by atoms with Gasteiger partial charge in [0.25, 0.3) is 0 Å². The molecule has 0 bridgehead atoms. The summed E-state index contributed by atoms with van der Waals surface area (Å²) >= 11 is 0. The van der Waals surface area contributed by atoms with Crippen molar-refractivity contribution < 1.29 is 32.5 Å². The van der Waals surface area contributed by atoms with Crippen LogP contribution < -0.4 is 4.74 Å². The monoisotopic (exact) mass is 250 g/mol. The van der Waals surface area contributed by atoms with E-state index in [1.807, 2.05) is 0 Å². The van der Waals surface area contributed by atoms with Gasteiger partial charge in [-0.05, 0) is 6.07 Å². The molecule has 0 spiro atoms. The van der Waals surface area contributed by atoms with Crippen molar-refractivity contribution >= 4 is 5.97 Å². The number of methoxy groups -OCH3 is 1. The lowest BCUT2D eigenvalue weighted by molar-refractivity contribution is 0.0426. The normalized spacial score (nSPS) is 10.2. The molecule has 17 heavy (non-hydrogen) atoms. The number of halogens is 3. The Hall–Kier alpha value is -1.76. The number of esters is 1. The van der Waals surface area contributed by atoms with Crippen LogP contribution >= 0.6 is 0 Å². The Morgan fingerprint density at radius 1 is 1.35 bits per heavy atom. The zero-order chi connectivity index (χ0) is 13.0. The Morgan fingerprint density at radius 2 is 2.00 bits per heavy atom. The van der Waals surface area contributed by atoms with Crippen LogP contribution in [-0.2, 0) is 4.74 Å². The van der Waals surface area contributed by atoms with E-state index in [0.717, 1.165) is 7.11 Å². The van der Waals surface area contributed by atoms with E-state index in [1.165, 1.54) is 0 Å². The minimum absolute atomic E-state index is 0.368. The minimum atomic E-state index is -1.52. The highest BCUT2D eigenvalue weighted by Crippen LogP contribution is 2.27. The molecule has 1 aromatic carbocycles. The Bertz CT molecular complexity index is 434. The Labute approximate surface area is 94.6 Å². The summed E-state index contributed by atoms with van der Waals surface area (Å²) in [6.07, 6.45) is 0. The fraction of sp³-hybridized carbons (Fsp3) is 0.300. The van der Waals surface area contributed by atoms with E-state index in [4.69, 9.17) is 5.11 Å². The molecule has 0 saturated heterocycles. The lowest BCUT2D eigenvalue weighted by Crippen LogP contribution is -2.12. The third-order valence-corrected chi connectivity index (χ3v) is 1.86. The van der Waals surface area contributed by atoms with Crippen LogP contribution in [0.4, 0.5) is 13.2 Å². The van der Waals surface area contributed by atoms with Gasteiger partial charge in [-0.3, -0.25) is 0 Å². The van der Waals surface area contributed by atoms with Gasteiger partial charge in [-0.2, -0.15) is 4.39 Å². The Balaban J connectivity index is 3.17. The zero-order valence-corrected chi connectivity index (χ0v) is 8.80. The maximum atomic E-state index is 13.5. The summed E-state index contributed by atoms with van der Waals surface area (Å²) in [4.78, 5) is 11.2. The van der Waals surface area contributed by atoms with Crippen LogP contribution in [0.15, 0.2) is 6.07 Å². The van der Waals surface area contributed by atoms with Gasteiger partial charge in [0.15, 0.2) is 17.4 Å². The van der Waals surface area contributed by atoms with Crippen molar-refractivity contribution in [1.82, 2.24) is 0 Å². The average molecular weight is 250 g/mol. The maximum absolute atomic E-state index is 13.5. The maximum Gasteiger partial charge on any atom is 0.341 e. The van der Waals surface area contributed by atoms with Gasteiger partial charge in [-0.15, -0.1) is 0 Å². The molecular weight excluding hydrogens is 241 g/mol. The van der Waals surface area contributed by atoms with Crippen LogP contribution in [0.1, 0.15) is 10.4 Å². The predicted octanol–water partition coefficient (Wildman–Crippen LogP) is 1.26. The third kappa shape index (κ3) is 2.68. The molecule has 0 aliphatic carbocycles. The highest BCUT2D eigenvalue weighted by atomic mass is 19.2. The number of aliphatic hydroxyl groups is 1. The second-order valence-corrected chi connectivity index (χ2v) is 2.93. The topological polar surface area (TPSA) is 55.8 Å². The zero-order valence-electron chi connectivity index (χ0n) is 8.80. The van der Waals surface area contributed by atoms with Gasteiger partial charge in [0.1, 0.15) is 12.2 Å². The van der Waals surface area contributed by atoms with E-state index < -0.39 is 41.3 Å². The van der Waals surface area contributed by atoms with Crippen molar-refractivity contribution in [3.05, 3.63) is 29.1 Å². The summed E-state index contributed by atoms with van der Waals surface area (Å²) in [7, 11) is 0.934. The number of carbonyl (C=O) groups excluding carboxylic acids is 1. The van der Waals surface area contributed by atoms with Gasteiger partial charge >= 0.3 is 5.97 Å². The molecule has 0 aliphatic heterocycles. The molecule has 94 valence electrons. The SMILES string of the molecule is COc1c(F)c(F)cc(C(=O)OCCO)c1F. The van der Waals surface area contributed by atoms with Crippen LogP contribution in [0.5, 0.6) is 5.75 Å². The highest BCUT2D eigenvalue weighted by Gasteiger charge is 2.24. The van der Waals surface area contributed by atoms with Crippen LogP contribution in [0.3, 0.4) is 0 Å². The van der Waals surface area contributed by atoms with Crippen molar-refractivity contribution in [1.29, 1.82) is 0 Å². The van der Waals surface area contributed by atoms with E-state index in [1.54, 1.807) is 0 Å². The summed E-state index contributed by atoms with van der Waals surface area (Å²) in [5, 5.41) is 8.40. The molecular formula is C10H9F3O4. The van der Waals surface area contributed by atoms with Gasteiger partial charge in [-0.1, -0.05) is 0 Å². The molecule has 1 N–H and O–H groups in total. The number of ether oxygens (including phenoxy) is 2. The molecule has 0 aliphatic rings. The van der Waals surface area contributed by atoms with Crippen molar-refractivity contribution in [2.75, 3.05) is 20.3 Å². The van der Waals surface area contributed by atoms with E-state index >= 15 is 0 Å². The van der Waals surface area contributed by atoms with Gasteiger partial charge in [0.05, 0.1) is 13.7 Å². The first kappa shape index (κ1) is 13.3. The fourth-order valence-corrected chi connectivity index (χ4v) is 1.12. The third-order valence-electron chi connectivity index (χ3n) is 1.86. The number of hydrogen-bond donors (Lipinski definition) is 1. The van der Waals surface area contributed by atoms with E-state index in [0.29, 0.717) is 6.07 Å². The lowest BCUT2D eigenvalue weighted by atomic mass is 10.2. The minimum Gasteiger partial charge on any atom is -0.491 e. The highest BCUT2D eigenvalue weighted by molar-refractivity contribution is 5.90. The number of carbonyl (C=O) groups is 1. The molecule has 0 atom stereocenters. The van der Waals surface area contributed by atoms with Crippen molar-refractivity contribution in [3.63, 3.8) is 0 Å². The molecule has 7 heteroatoms. The Kier molecular flexibility index (Phi) is 4.33. The molecule has 0 unspecified atom stereocenters. The Morgan fingerprint density at radius 3 is 2.53 bits per heavy atom. The van der Waals surface area contributed by atoms with Gasteiger partial charge in [0.2, 0.25) is 5.82 Å². The quantitative estimate of drug-likeness (QED) is 0.645. The van der Waals surface area contributed by atoms with Crippen LogP contribution in [0.25, 0.3) is 0 Å². The van der Waals surface area contributed by atoms with Crippen LogP contribution in [0.2, 0.25) is 0 Å². The van der Waals surface area contributed by atoms with E-state index in [9.17, 15) is 18.0 Å². The number of aliphatic hydroxyl groups excluding tert-OH is 1. The molecule has 0 radical (unpaired) electrons. The second-order valence-electron chi connectivity index (χ2n) is 2.93. The van der Waals surface area contributed by atoms with E-state index in [-0.39, 0.29) is 6.61 Å². The molecule has 1 aromatic rings. The predicted molar refractivity (Wildman–Crippen MR) is 50.2 cm³/mol. The summed E-state index contributed by atoms with van der Waals surface area (Å²) in [5.41, 5.74) is -0.797. The lowest BCUT2D eigenvalue weighted by Gasteiger charge is -2.09. The summed E-state index contributed by atoms with van der Waals surface area (Å²) in [6, 6.07) is 0.368. The molecule has 4 nitrogen and oxygen atoms in total. The van der Waals surface area contributed by atoms with Crippen LogP contribution in [-0.4, -0.2) is 31.4 Å². The standard InChI is InChI=1S/C10H9F3O4/c1-16-9-7(12)5(4-6(11)8(9)13)10(15)17-3-2-14/h4,14H,2-3H2,1H3. The molecule has 0 fully saturated rings. The van der Waals surface area contributed by atoms with Gasteiger partial charge in [-0.25, -0.2) is 13.6 Å².